The lowest BCUT2D eigenvalue weighted by Crippen LogP contribution is -2.46. The highest BCUT2D eigenvalue weighted by Gasteiger charge is 2.20. The number of carboxylic acids is 1. The van der Waals surface area contributed by atoms with Crippen molar-refractivity contribution in [2.24, 2.45) is 0 Å². The van der Waals surface area contributed by atoms with Crippen molar-refractivity contribution in [2.45, 2.75) is 19.0 Å². The molecule has 2 amide bonds. The summed E-state index contributed by atoms with van der Waals surface area (Å²) in [7, 11) is 0. The molecule has 0 saturated heterocycles. The van der Waals surface area contributed by atoms with Crippen molar-refractivity contribution in [1.82, 2.24) is 25.6 Å². The standard InChI is InChI=1S/C11H13N5O3S/c17-10(18)9(1-7-2-12-5-15-7)16-11(19)14-4-8-3-13-6-20-8/h2-3,5-6,9H,1,4H2,(H,12,15)(H,17,18)(H2,14,16,19). The molecule has 9 heteroatoms. The number of rotatable bonds is 6. The zero-order chi connectivity index (χ0) is 14.4. The zero-order valence-electron chi connectivity index (χ0n) is 10.4. The number of nitrogens with zero attached hydrogens (tertiary/aromatic N) is 2. The molecule has 0 aliphatic rings. The number of imidazole rings is 1. The van der Waals surface area contributed by atoms with Crippen LogP contribution in [0.2, 0.25) is 0 Å². The van der Waals surface area contributed by atoms with Crippen molar-refractivity contribution < 1.29 is 14.7 Å². The summed E-state index contributed by atoms with van der Waals surface area (Å²) in [5, 5.41) is 14.1. The number of nitrogens with one attached hydrogen (secondary N) is 3. The summed E-state index contributed by atoms with van der Waals surface area (Å²) in [4.78, 5) is 34.1. The first-order chi connectivity index (χ1) is 9.65. The van der Waals surface area contributed by atoms with E-state index in [9.17, 15) is 9.59 Å². The summed E-state index contributed by atoms with van der Waals surface area (Å²) in [6, 6.07) is -1.55. The number of aromatic nitrogens is 3. The van der Waals surface area contributed by atoms with Gasteiger partial charge in [-0.2, -0.15) is 0 Å². The molecule has 0 aromatic carbocycles. The van der Waals surface area contributed by atoms with Crippen LogP contribution in [-0.2, 0) is 17.8 Å². The van der Waals surface area contributed by atoms with E-state index in [0.717, 1.165) is 4.88 Å². The van der Waals surface area contributed by atoms with Crippen LogP contribution >= 0.6 is 11.3 Å². The lowest BCUT2D eigenvalue weighted by atomic mass is 10.2. The summed E-state index contributed by atoms with van der Waals surface area (Å²) in [6.45, 7) is 0.312. The Morgan fingerprint density at radius 1 is 1.40 bits per heavy atom. The van der Waals surface area contributed by atoms with Crippen molar-refractivity contribution in [3.05, 3.63) is 34.8 Å². The molecular weight excluding hydrogens is 282 g/mol. The average Bonchev–Trinajstić information content (AvgIpc) is 3.08. The fourth-order valence-electron chi connectivity index (χ4n) is 1.52. The molecular formula is C11H13N5O3S. The summed E-state index contributed by atoms with van der Waals surface area (Å²) >= 11 is 1.41. The van der Waals surface area contributed by atoms with E-state index in [4.69, 9.17) is 5.11 Å². The normalized spacial score (nSPS) is 11.8. The molecule has 0 aliphatic heterocycles. The Hall–Kier alpha value is -2.42. The summed E-state index contributed by atoms with van der Waals surface area (Å²) < 4.78 is 0. The van der Waals surface area contributed by atoms with E-state index in [1.54, 1.807) is 11.7 Å². The van der Waals surface area contributed by atoms with Crippen LogP contribution in [0, 0.1) is 0 Å². The third kappa shape index (κ3) is 4.05. The van der Waals surface area contributed by atoms with Crippen LogP contribution in [0.1, 0.15) is 10.6 Å². The van der Waals surface area contributed by atoms with Gasteiger partial charge in [0.2, 0.25) is 0 Å². The second-order valence-electron chi connectivity index (χ2n) is 3.97. The van der Waals surface area contributed by atoms with Gasteiger partial charge in [-0.05, 0) is 0 Å². The molecule has 0 saturated carbocycles. The number of urea groups is 1. The molecule has 1 unspecified atom stereocenters. The van der Waals surface area contributed by atoms with Crippen molar-refractivity contribution in [2.75, 3.05) is 0 Å². The van der Waals surface area contributed by atoms with Gasteiger partial charge in [-0.1, -0.05) is 0 Å². The number of thiazole rings is 1. The minimum Gasteiger partial charge on any atom is -0.480 e. The number of carboxylic acid groups (broad SMARTS) is 1. The van der Waals surface area contributed by atoms with Crippen LogP contribution in [0.3, 0.4) is 0 Å². The molecule has 0 radical (unpaired) electrons. The van der Waals surface area contributed by atoms with Gasteiger partial charge in [-0.3, -0.25) is 4.98 Å². The lowest BCUT2D eigenvalue weighted by Gasteiger charge is -2.14. The summed E-state index contributed by atoms with van der Waals surface area (Å²) in [5.41, 5.74) is 2.30. The minimum atomic E-state index is -1.10. The van der Waals surface area contributed by atoms with Crippen LogP contribution in [0.15, 0.2) is 24.2 Å². The molecule has 0 bridgehead atoms. The van der Waals surface area contributed by atoms with Crippen molar-refractivity contribution in [3.8, 4) is 0 Å². The fourth-order valence-corrected chi connectivity index (χ4v) is 2.06. The van der Waals surface area contributed by atoms with E-state index in [1.807, 2.05) is 0 Å². The molecule has 2 heterocycles. The van der Waals surface area contributed by atoms with E-state index >= 15 is 0 Å². The van der Waals surface area contributed by atoms with Crippen molar-refractivity contribution in [1.29, 1.82) is 0 Å². The Balaban J connectivity index is 1.84. The maximum Gasteiger partial charge on any atom is 0.326 e. The number of carbonyl (C=O) groups is 2. The number of amides is 2. The molecule has 2 rings (SSSR count). The first kappa shape index (κ1) is 14.0. The van der Waals surface area contributed by atoms with Gasteiger partial charge in [-0.25, -0.2) is 14.6 Å². The smallest absolute Gasteiger partial charge is 0.326 e. The zero-order valence-corrected chi connectivity index (χ0v) is 11.2. The van der Waals surface area contributed by atoms with E-state index < -0.39 is 18.0 Å². The largest absolute Gasteiger partial charge is 0.480 e. The number of aromatic amines is 1. The Morgan fingerprint density at radius 2 is 2.25 bits per heavy atom. The van der Waals surface area contributed by atoms with Gasteiger partial charge in [0.25, 0.3) is 0 Å². The monoisotopic (exact) mass is 295 g/mol. The maximum atomic E-state index is 11.7. The number of hydrogen-bond donors (Lipinski definition) is 4. The van der Waals surface area contributed by atoms with Crippen LogP contribution < -0.4 is 10.6 Å². The average molecular weight is 295 g/mol. The Labute approximate surface area is 118 Å². The highest BCUT2D eigenvalue weighted by atomic mass is 32.1. The molecule has 4 N–H and O–H groups in total. The van der Waals surface area contributed by atoms with E-state index in [-0.39, 0.29) is 6.42 Å². The van der Waals surface area contributed by atoms with Crippen molar-refractivity contribution in [3.63, 3.8) is 0 Å². The predicted molar refractivity (Wildman–Crippen MR) is 71.2 cm³/mol. The summed E-state index contributed by atoms with van der Waals surface area (Å²) in [6.07, 6.45) is 4.76. The Bertz CT molecular complexity index is 555. The van der Waals surface area contributed by atoms with E-state index in [0.29, 0.717) is 12.2 Å². The third-order valence-electron chi connectivity index (χ3n) is 2.49. The van der Waals surface area contributed by atoms with Gasteiger partial charge in [0, 0.05) is 29.4 Å². The maximum absolute atomic E-state index is 11.7. The van der Waals surface area contributed by atoms with Crippen LogP contribution in [-0.4, -0.2) is 38.1 Å². The molecule has 106 valence electrons. The highest BCUT2D eigenvalue weighted by Crippen LogP contribution is 2.04. The number of H-pyrrole nitrogens is 1. The SMILES string of the molecule is O=C(NCc1cncs1)NC(Cc1cnc[nH]1)C(=O)O. The minimum absolute atomic E-state index is 0.142. The second kappa shape index (κ2) is 6.66. The van der Waals surface area contributed by atoms with E-state index in [1.165, 1.54) is 23.9 Å². The van der Waals surface area contributed by atoms with Gasteiger partial charge in [0.1, 0.15) is 6.04 Å². The summed E-state index contributed by atoms with van der Waals surface area (Å²) in [5.74, 6) is -1.10. The highest BCUT2D eigenvalue weighted by molar-refractivity contribution is 7.09. The Morgan fingerprint density at radius 3 is 2.85 bits per heavy atom. The fraction of sp³-hybridized carbons (Fsp3) is 0.273. The van der Waals surface area contributed by atoms with Gasteiger partial charge < -0.3 is 20.7 Å². The molecule has 20 heavy (non-hydrogen) atoms. The van der Waals surface area contributed by atoms with Crippen LogP contribution in [0.5, 0.6) is 0 Å². The van der Waals surface area contributed by atoms with Gasteiger partial charge >= 0.3 is 12.0 Å². The molecule has 2 aromatic rings. The first-order valence-electron chi connectivity index (χ1n) is 5.77. The number of hydrogen-bond acceptors (Lipinski definition) is 5. The molecule has 0 fully saturated rings. The molecule has 0 aliphatic carbocycles. The molecule has 2 aromatic heterocycles. The predicted octanol–water partition coefficient (Wildman–Crippen LogP) is 0.361. The van der Waals surface area contributed by atoms with Crippen LogP contribution in [0.4, 0.5) is 4.79 Å². The first-order valence-corrected chi connectivity index (χ1v) is 6.65. The molecule has 8 nitrogen and oxygen atoms in total. The lowest BCUT2D eigenvalue weighted by molar-refractivity contribution is -0.139. The van der Waals surface area contributed by atoms with Gasteiger partial charge in [-0.15, -0.1) is 11.3 Å². The quantitative estimate of drug-likeness (QED) is 0.613. The molecule has 1 atom stereocenters. The number of carbonyl (C=O) groups excluding carboxylic acids is 1. The van der Waals surface area contributed by atoms with Gasteiger partial charge in [0.05, 0.1) is 18.4 Å². The second-order valence-corrected chi connectivity index (χ2v) is 4.94. The van der Waals surface area contributed by atoms with Crippen molar-refractivity contribution >= 4 is 23.3 Å². The molecule has 0 spiro atoms. The Kier molecular flexibility index (Phi) is 4.66. The van der Waals surface area contributed by atoms with Crippen LogP contribution in [0.25, 0.3) is 0 Å². The van der Waals surface area contributed by atoms with Gasteiger partial charge in [0.15, 0.2) is 0 Å². The third-order valence-corrected chi connectivity index (χ3v) is 3.27. The topological polar surface area (TPSA) is 120 Å². The number of aliphatic carboxylic acids is 1. The van der Waals surface area contributed by atoms with E-state index in [2.05, 4.69) is 25.6 Å².